The largest absolute Gasteiger partial charge is 0.344 e. The molecule has 0 saturated carbocycles. The topological polar surface area (TPSA) is 41.7 Å². The molecule has 0 radical (unpaired) electrons. The Balaban J connectivity index is 1.23. The number of amidine groups is 2. The van der Waals surface area contributed by atoms with Gasteiger partial charge in [0.2, 0.25) is 0 Å². The lowest BCUT2D eigenvalue weighted by Gasteiger charge is -2.24. The van der Waals surface area contributed by atoms with Crippen LogP contribution >= 0.6 is 0 Å². The Morgan fingerprint density at radius 3 is 2.02 bits per heavy atom. The summed E-state index contributed by atoms with van der Waals surface area (Å²) < 4.78 is 2.48. The van der Waals surface area contributed by atoms with E-state index in [-0.39, 0.29) is 11.6 Å². The van der Waals surface area contributed by atoms with Crippen LogP contribution in [-0.4, -0.2) is 16.2 Å². The van der Waals surface area contributed by atoms with Gasteiger partial charge in [-0.2, -0.15) is 0 Å². The van der Waals surface area contributed by atoms with Crippen LogP contribution in [0, 0.1) is 0 Å². The van der Waals surface area contributed by atoms with Gasteiger partial charge in [0.25, 0.3) is 0 Å². The molecule has 0 bridgehead atoms. The van der Waals surface area contributed by atoms with E-state index in [4.69, 9.17) is 9.98 Å². The van der Waals surface area contributed by atoms with Crippen molar-refractivity contribution in [2.75, 3.05) is 0 Å². The van der Waals surface area contributed by atoms with Gasteiger partial charge in [-0.15, -0.1) is 0 Å². The summed E-state index contributed by atoms with van der Waals surface area (Å²) in [7, 11) is 0. The number of hydrogen-bond acceptors (Lipinski definition) is 3. The second-order valence-electron chi connectivity index (χ2n) is 14.3. The van der Waals surface area contributed by atoms with Crippen LogP contribution in [0.2, 0.25) is 0 Å². The molecule has 1 aromatic heterocycles. The number of aromatic nitrogens is 1. The minimum Gasteiger partial charge on any atom is -0.344 e. The number of nitrogens with zero attached hydrogens (tertiary/aromatic N) is 3. The van der Waals surface area contributed by atoms with Gasteiger partial charge in [-0.3, -0.25) is 0 Å². The molecule has 2 heterocycles. The number of aliphatic imine (C=N–C) groups is 2. The predicted octanol–water partition coefficient (Wildman–Crippen LogP) is 11.3. The molecule has 1 aliphatic carbocycles. The number of nitrogens with one attached hydrogen (secondary N) is 1. The maximum absolute atomic E-state index is 5.21. The van der Waals surface area contributed by atoms with E-state index in [9.17, 15) is 0 Å². The molecular weight excluding hydrogens is 633 g/mol. The normalized spacial score (nSPS) is 15.8. The fourth-order valence-electron chi connectivity index (χ4n) is 8.28. The van der Waals surface area contributed by atoms with Gasteiger partial charge in [0, 0.05) is 38.6 Å². The van der Waals surface area contributed by atoms with Crippen LogP contribution in [0.4, 0.5) is 0 Å². The van der Waals surface area contributed by atoms with E-state index in [1.54, 1.807) is 0 Å². The zero-order valence-electron chi connectivity index (χ0n) is 29.1. The molecule has 4 heteroatoms. The molecule has 248 valence electrons. The van der Waals surface area contributed by atoms with Crippen molar-refractivity contribution < 1.29 is 0 Å². The first-order chi connectivity index (χ1) is 25.5. The minimum absolute atomic E-state index is 0.114. The third-order valence-electron chi connectivity index (χ3n) is 10.8. The fourth-order valence-corrected chi connectivity index (χ4v) is 8.28. The Labute approximate surface area is 303 Å². The van der Waals surface area contributed by atoms with Crippen molar-refractivity contribution in [3.05, 3.63) is 198 Å². The van der Waals surface area contributed by atoms with Gasteiger partial charge < -0.3 is 9.88 Å². The fraction of sp³-hybridized carbons (Fsp3) is 0.0833. The zero-order chi connectivity index (χ0) is 34.8. The Hall–Kier alpha value is -6.52. The summed E-state index contributed by atoms with van der Waals surface area (Å²) in [6.45, 7) is 4.71. The summed E-state index contributed by atoms with van der Waals surface area (Å²) in [5, 5.41) is 6.08. The molecule has 1 atom stereocenters. The highest BCUT2D eigenvalue weighted by molar-refractivity contribution is 6.17. The van der Waals surface area contributed by atoms with Crippen molar-refractivity contribution in [1.82, 2.24) is 9.88 Å². The SMILES string of the molecule is CC1(C)c2ccccc2-c2c1ccc1c3ccc(-c4ccccc4)cc3n(-c3cccc(C4=NC(c5ccccc5)NC(c5ccccc5)=N4)c3)c21. The van der Waals surface area contributed by atoms with Gasteiger partial charge in [0.1, 0.15) is 12.0 Å². The molecule has 7 aromatic carbocycles. The lowest BCUT2D eigenvalue weighted by Crippen LogP contribution is -2.33. The van der Waals surface area contributed by atoms with Gasteiger partial charge >= 0.3 is 0 Å². The smallest absolute Gasteiger partial charge is 0.159 e. The minimum atomic E-state index is -0.267. The molecule has 52 heavy (non-hydrogen) atoms. The Morgan fingerprint density at radius 1 is 0.558 bits per heavy atom. The number of rotatable bonds is 5. The van der Waals surface area contributed by atoms with Gasteiger partial charge in [0.05, 0.1) is 11.0 Å². The highest BCUT2D eigenvalue weighted by atomic mass is 15.2. The zero-order valence-corrected chi connectivity index (χ0v) is 29.1. The summed E-state index contributed by atoms with van der Waals surface area (Å²) in [5.41, 5.74) is 14.2. The van der Waals surface area contributed by atoms with E-state index in [0.29, 0.717) is 5.84 Å². The van der Waals surface area contributed by atoms with Gasteiger partial charge in [0.15, 0.2) is 5.84 Å². The lowest BCUT2D eigenvalue weighted by atomic mass is 9.82. The van der Waals surface area contributed by atoms with Gasteiger partial charge in [-0.1, -0.05) is 166 Å². The van der Waals surface area contributed by atoms with Crippen molar-refractivity contribution in [3.8, 4) is 27.9 Å². The first-order valence-corrected chi connectivity index (χ1v) is 18.0. The van der Waals surface area contributed by atoms with Crippen molar-refractivity contribution in [2.24, 2.45) is 9.98 Å². The van der Waals surface area contributed by atoms with Crippen molar-refractivity contribution in [2.45, 2.75) is 25.4 Å². The first kappa shape index (κ1) is 30.3. The van der Waals surface area contributed by atoms with E-state index in [1.165, 1.54) is 55.2 Å². The number of fused-ring (bicyclic) bond motifs is 7. The Bertz CT molecular complexity index is 2720. The lowest BCUT2D eigenvalue weighted by molar-refractivity contribution is 0.661. The molecule has 1 aliphatic heterocycles. The van der Waals surface area contributed by atoms with Crippen molar-refractivity contribution in [3.63, 3.8) is 0 Å². The van der Waals surface area contributed by atoms with Crippen LogP contribution in [0.1, 0.15) is 47.8 Å². The van der Waals surface area contributed by atoms with Crippen LogP contribution < -0.4 is 5.32 Å². The van der Waals surface area contributed by atoms with Crippen LogP contribution in [0.5, 0.6) is 0 Å². The molecule has 0 saturated heterocycles. The third-order valence-corrected chi connectivity index (χ3v) is 10.8. The van der Waals surface area contributed by atoms with Crippen molar-refractivity contribution in [1.29, 1.82) is 0 Å². The van der Waals surface area contributed by atoms with E-state index >= 15 is 0 Å². The van der Waals surface area contributed by atoms with E-state index in [1.807, 2.05) is 24.3 Å². The first-order valence-electron chi connectivity index (χ1n) is 18.0. The standard InChI is InChI=1S/C48H36N4/c1-48(2)40-24-13-12-23-39(40)43-41(48)28-27-38-37-26-25-34(31-15-6-3-7-16-31)30-42(37)52(44(38)43)36-22-14-21-35(29-36)47-50-45(32-17-8-4-9-18-32)49-46(51-47)33-19-10-5-11-20-33/h3-30,45H,1-2H3,(H,49,50,51). The summed E-state index contributed by atoms with van der Waals surface area (Å²) in [4.78, 5) is 10.4. The van der Waals surface area contributed by atoms with Gasteiger partial charge in [-0.05, 0) is 51.6 Å². The molecule has 0 fully saturated rings. The van der Waals surface area contributed by atoms with Crippen molar-refractivity contribution >= 4 is 33.5 Å². The molecule has 10 rings (SSSR count). The highest BCUT2D eigenvalue weighted by Crippen LogP contribution is 2.53. The second-order valence-corrected chi connectivity index (χ2v) is 14.3. The molecule has 1 unspecified atom stereocenters. The molecular formula is C48H36N4. The quantitative estimate of drug-likeness (QED) is 0.195. The molecule has 0 amide bonds. The van der Waals surface area contributed by atoms with Crippen LogP contribution in [0.3, 0.4) is 0 Å². The van der Waals surface area contributed by atoms with Crippen LogP contribution in [-0.2, 0) is 5.41 Å². The van der Waals surface area contributed by atoms with Crippen LogP contribution in [0.15, 0.2) is 180 Å². The predicted molar refractivity (Wildman–Crippen MR) is 216 cm³/mol. The number of hydrogen-bond donors (Lipinski definition) is 1. The maximum Gasteiger partial charge on any atom is 0.159 e. The number of benzene rings is 7. The van der Waals surface area contributed by atoms with E-state index < -0.39 is 0 Å². The Morgan fingerprint density at radius 2 is 1.23 bits per heavy atom. The second kappa shape index (κ2) is 11.8. The third kappa shape index (κ3) is 4.75. The molecule has 8 aromatic rings. The average Bonchev–Trinajstić information content (AvgIpc) is 3.67. The summed E-state index contributed by atoms with van der Waals surface area (Å²) >= 11 is 0. The van der Waals surface area contributed by atoms with Gasteiger partial charge in [-0.25, -0.2) is 9.98 Å². The van der Waals surface area contributed by atoms with E-state index in [0.717, 1.165) is 28.2 Å². The molecule has 1 N–H and O–H groups in total. The Kier molecular flexibility index (Phi) is 6.87. The average molecular weight is 669 g/mol. The summed E-state index contributed by atoms with van der Waals surface area (Å²) in [6, 6.07) is 60.7. The highest BCUT2D eigenvalue weighted by Gasteiger charge is 2.37. The summed E-state index contributed by atoms with van der Waals surface area (Å²) in [5.74, 6) is 1.52. The molecule has 2 aliphatic rings. The monoisotopic (exact) mass is 668 g/mol. The summed E-state index contributed by atoms with van der Waals surface area (Å²) in [6.07, 6.45) is -0.267. The van der Waals surface area contributed by atoms with E-state index in [2.05, 4.69) is 169 Å². The maximum atomic E-state index is 5.21. The molecule has 4 nitrogen and oxygen atoms in total. The molecule has 0 spiro atoms. The van der Waals surface area contributed by atoms with Crippen LogP contribution in [0.25, 0.3) is 49.7 Å².